The molecule has 2 rings (SSSR count). The fourth-order valence-electron chi connectivity index (χ4n) is 2.26. The number of ether oxygens (including phenoxy) is 1. The molecule has 0 aliphatic heterocycles. The van der Waals surface area contributed by atoms with Crippen LogP contribution in [0.15, 0.2) is 41.3 Å². The van der Waals surface area contributed by atoms with Gasteiger partial charge in [0.05, 0.1) is 0 Å². The summed E-state index contributed by atoms with van der Waals surface area (Å²) in [7, 11) is 0. The van der Waals surface area contributed by atoms with Crippen molar-refractivity contribution in [2.75, 3.05) is 0 Å². The van der Waals surface area contributed by atoms with Crippen LogP contribution < -0.4 is 4.74 Å². The number of carbonyl (C=O) groups is 1. The van der Waals surface area contributed by atoms with Gasteiger partial charge in [0.15, 0.2) is 5.12 Å². The lowest BCUT2D eigenvalue weighted by atomic mass is 10.1. The van der Waals surface area contributed by atoms with Crippen molar-refractivity contribution in [1.29, 1.82) is 0 Å². The molecule has 2 aromatic rings. The molecule has 0 saturated carbocycles. The van der Waals surface area contributed by atoms with E-state index in [1.807, 2.05) is 25.1 Å². The maximum absolute atomic E-state index is 11.7. The number of thioether (sulfide) groups is 1. The molecule has 116 valence electrons. The molecule has 2 aromatic carbocycles. The Morgan fingerprint density at radius 1 is 1.09 bits per heavy atom. The maximum Gasteiger partial charge on any atom is 0.193 e. The Bertz CT molecular complexity index is 677. The fourth-order valence-corrected chi connectivity index (χ4v) is 3.14. The second-order valence-electron chi connectivity index (χ2n) is 5.44. The summed E-state index contributed by atoms with van der Waals surface area (Å²) in [5.41, 5.74) is 4.60. The normalized spacial score (nSPS) is 10.5. The second kappa shape index (κ2) is 7.50. The molecule has 0 radical (unpaired) electrons. The van der Waals surface area contributed by atoms with E-state index in [1.165, 1.54) is 17.3 Å². The van der Waals surface area contributed by atoms with Crippen molar-refractivity contribution in [1.82, 2.24) is 0 Å². The van der Waals surface area contributed by atoms with Crippen LogP contribution in [0.4, 0.5) is 0 Å². The van der Waals surface area contributed by atoms with Gasteiger partial charge < -0.3 is 4.74 Å². The third-order valence-electron chi connectivity index (χ3n) is 3.58. The van der Waals surface area contributed by atoms with E-state index < -0.39 is 0 Å². The third kappa shape index (κ3) is 4.14. The molecule has 0 bridgehead atoms. The molecular weight excluding hydrogens is 292 g/mol. The maximum atomic E-state index is 11.7. The molecule has 0 aliphatic rings. The van der Waals surface area contributed by atoms with Crippen LogP contribution in [0.5, 0.6) is 5.75 Å². The first kappa shape index (κ1) is 16.6. The zero-order valence-electron chi connectivity index (χ0n) is 13.6. The predicted octanol–water partition coefficient (Wildman–Crippen LogP) is 5.22. The summed E-state index contributed by atoms with van der Waals surface area (Å²) in [5.74, 6) is 0.895. The minimum absolute atomic E-state index is 0.179. The molecule has 0 N–H and O–H groups in total. The SMILES string of the molecule is CCC(=O)Sc1cccc(C)c1COc1ccc(C)cc1C. The number of rotatable bonds is 5. The zero-order chi connectivity index (χ0) is 16.1. The van der Waals surface area contributed by atoms with Crippen LogP contribution in [0, 0.1) is 20.8 Å². The highest BCUT2D eigenvalue weighted by molar-refractivity contribution is 8.13. The van der Waals surface area contributed by atoms with E-state index in [0.717, 1.165) is 27.3 Å². The summed E-state index contributed by atoms with van der Waals surface area (Å²) in [6.45, 7) is 8.55. The second-order valence-corrected chi connectivity index (χ2v) is 6.54. The lowest BCUT2D eigenvalue weighted by molar-refractivity contribution is -0.110. The van der Waals surface area contributed by atoms with E-state index in [0.29, 0.717) is 13.0 Å². The molecule has 0 fully saturated rings. The summed E-state index contributed by atoms with van der Waals surface area (Å²) in [4.78, 5) is 12.7. The summed E-state index contributed by atoms with van der Waals surface area (Å²) < 4.78 is 5.99. The molecule has 22 heavy (non-hydrogen) atoms. The molecule has 0 unspecified atom stereocenters. The Balaban J connectivity index is 2.19. The number of hydrogen-bond acceptors (Lipinski definition) is 3. The van der Waals surface area contributed by atoms with Crippen LogP contribution in [-0.4, -0.2) is 5.12 Å². The molecule has 3 heteroatoms. The molecule has 0 saturated heterocycles. The van der Waals surface area contributed by atoms with Crippen LogP contribution >= 0.6 is 11.8 Å². The van der Waals surface area contributed by atoms with Crippen LogP contribution in [0.3, 0.4) is 0 Å². The van der Waals surface area contributed by atoms with Gasteiger partial charge in [0.2, 0.25) is 0 Å². The van der Waals surface area contributed by atoms with Gasteiger partial charge in [-0.25, -0.2) is 0 Å². The highest BCUT2D eigenvalue weighted by Gasteiger charge is 2.11. The van der Waals surface area contributed by atoms with Crippen molar-refractivity contribution < 1.29 is 9.53 Å². The smallest absolute Gasteiger partial charge is 0.193 e. The number of carbonyl (C=O) groups excluding carboxylic acids is 1. The quantitative estimate of drug-likeness (QED) is 0.708. The Hall–Kier alpha value is -1.74. The highest BCUT2D eigenvalue weighted by Crippen LogP contribution is 2.28. The van der Waals surface area contributed by atoms with E-state index in [4.69, 9.17) is 4.74 Å². The molecule has 0 spiro atoms. The van der Waals surface area contributed by atoms with E-state index in [9.17, 15) is 4.79 Å². The molecule has 0 heterocycles. The minimum Gasteiger partial charge on any atom is -0.489 e. The summed E-state index contributed by atoms with van der Waals surface area (Å²) in [5, 5.41) is 0.179. The van der Waals surface area contributed by atoms with Crippen molar-refractivity contribution in [2.45, 2.75) is 45.6 Å². The lowest BCUT2D eigenvalue weighted by Crippen LogP contribution is -2.02. The van der Waals surface area contributed by atoms with Crippen molar-refractivity contribution in [3.63, 3.8) is 0 Å². The first-order valence-electron chi connectivity index (χ1n) is 7.50. The standard InChI is InChI=1S/C19H22O2S/c1-5-19(20)22-18-8-6-7-14(3)16(18)12-21-17-10-9-13(2)11-15(17)4/h6-11H,5,12H2,1-4H3. The lowest BCUT2D eigenvalue weighted by Gasteiger charge is -2.14. The van der Waals surface area contributed by atoms with Crippen LogP contribution in [-0.2, 0) is 11.4 Å². The van der Waals surface area contributed by atoms with Gasteiger partial charge in [0.25, 0.3) is 0 Å². The molecule has 0 aliphatic carbocycles. The van der Waals surface area contributed by atoms with Gasteiger partial charge in [0.1, 0.15) is 12.4 Å². The van der Waals surface area contributed by atoms with Gasteiger partial charge >= 0.3 is 0 Å². The van der Waals surface area contributed by atoms with E-state index >= 15 is 0 Å². The van der Waals surface area contributed by atoms with Crippen molar-refractivity contribution >= 4 is 16.9 Å². The van der Waals surface area contributed by atoms with Crippen LogP contribution in [0.25, 0.3) is 0 Å². The Kier molecular flexibility index (Phi) is 5.67. The number of hydrogen-bond donors (Lipinski definition) is 0. The summed E-state index contributed by atoms with van der Waals surface area (Å²) in [6, 6.07) is 12.2. The predicted molar refractivity (Wildman–Crippen MR) is 92.6 cm³/mol. The van der Waals surface area contributed by atoms with Gasteiger partial charge in [-0.15, -0.1) is 0 Å². The molecule has 0 amide bonds. The number of aryl methyl sites for hydroxylation is 3. The van der Waals surface area contributed by atoms with E-state index in [-0.39, 0.29) is 5.12 Å². The number of benzene rings is 2. The monoisotopic (exact) mass is 314 g/mol. The Morgan fingerprint density at radius 2 is 1.86 bits per heavy atom. The summed E-state index contributed by atoms with van der Waals surface area (Å²) in [6.07, 6.45) is 0.538. The van der Waals surface area contributed by atoms with Crippen molar-refractivity contribution in [2.24, 2.45) is 0 Å². The molecule has 2 nitrogen and oxygen atoms in total. The first-order chi connectivity index (χ1) is 10.5. The first-order valence-corrected chi connectivity index (χ1v) is 8.32. The third-order valence-corrected chi connectivity index (χ3v) is 4.70. The van der Waals surface area contributed by atoms with Crippen LogP contribution in [0.1, 0.15) is 35.6 Å². The topological polar surface area (TPSA) is 26.3 Å². The van der Waals surface area contributed by atoms with Gasteiger partial charge in [-0.05, 0) is 44.0 Å². The average Bonchev–Trinajstić information content (AvgIpc) is 2.48. The highest BCUT2D eigenvalue weighted by atomic mass is 32.2. The minimum atomic E-state index is 0.179. The van der Waals surface area contributed by atoms with Crippen molar-refractivity contribution in [3.05, 3.63) is 58.7 Å². The summed E-state index contributed by atoms with van der Waals surface area (Å²) >= 11 is 1.31. The van der Waals surface area contributed by atoms with Gasteiger partial charge in [-0.2, -0.15) is 0 Å². The van der Waals surface area contributed by atoms with Gasteiger partial charge in [-0.3, -0.25) is 4.79 Å². The van der Waals surface area contributed by atoms with E-state index in [2.05, 4.69) is 39.0 Å². The van der Waals surface area contributed by atoms with Crippen LogP contribution in [0.2, 0.25) is 0 Å². The molecular formula is C19H22O2S. The fraction of sp³-hybridized carbons (Fsp3) is 0.316. The van der Waals surface area contributed by atoms with Gasteiger partial charge in [0, 0.05) is 16.9 Å². The van der Waals surface area contributed by atoms with Crippen molar-refractivity contribution in [3.8, 4) is 5.75 Å². The molecule has 0 atom stereocenters. The average molecular weight is 314 g/mol. The van der Waals surface area contributed by atoms with E-state index in [1.54, 1.807) is 0 Å². The Morgan fingerprint density at radius 3 is 2.55 bits per heavy atom. The van der Waals surface area contributed by atoms with Gasteiger partial charge in [-0.1, -0.05) is 48.5 Å². The Labute approximate surface area is 136 Å². The zero-order valence-corrected chi connectivity index (χ0v) is 14.4. The molecule has 0 aromatic heterocycles. The largest absolute Gasteiger partial charge is 0.489 e.